The van der Waals surface area contributed by atoms with Crippen LogP contribution in [0.2, 0.25) is 0 Å². The predicted octanol–water partition coefficient (Wildman–Crippen LogP) is 0.284. The second-order valence-corrected chi connectivity index (χ2v) is 0. The van der Waals surface area contributed by atoms with Crippen molar-refractivity contribution in [3.63, 3.8) is 0 Å². The van der Waals surface area contributed by atoms with Gasteiger partial charge in [-0.3, -0.25) is 0 Å². The maximum Gasteiger partial charge on any atom is 3.00 e. The van der Waals surface area contributed by atoms with Crippen molar-refractivity contribution < 1.29 is 39.2 Å². The van der Waals surface area contributed by atoms with Crippen LogP contribution in [-0.2, 0) is 39.2 Å². The Morgan fingerprint density at radius 3 is 0.625 bits per heavy atom. The summed E-state index contributed by atoms with van der Waals surface area (Å²) in [5.41, 5.74) is 0. The Labute approximate surface area is 74.6 Å². The average Bonchev–Trinajstić information content (AvgIpc) is 1.81. The summed E-state index contributed by atoms with van der Waals surface area (Å²) in [6.07, 6.45) is 0. The monoisotopic (exact) mass is 334 g/mol. The van der Waals surface area contributed by atoms with Gasteiger partial charge in [0.25, 0.3) is 0 Å². The first-order valence-electron chi connectivity index (χ1n) is 0.671. The van der Waals surface area contributed by atoms with Crippen molar-refractivity contribution >= 4 is 0 Å². The fourth-order valence-electron chi connectivity index (χ4n) is 0. The van der Waals surface area contributed by atoms with Gasteiger partial charge in [0.15, 0.2) is 0 Å². The van der Waals surface area contributed by atoms with Crippen molar-refractivity contribution in [3.05, 3.63) is 19.7 Å². The Hall–Kier alpha value is -0.283. The van der Waals surface area contributed by atoms with E-state index in [1.807, 2.05) is 0 Å². The molecule has 0 aromatic carbocycles. The molecule has 47 valence electrons. The summed E-state index contributed by atoms with van der Waals surface area (Å²) in [4.78, 5) is 0. The van der Waals surface area contributed by atoms with Crippen molar-refractivity contribution in [1.29, 1.82) is 15.8 Å². The Balaban J connectivity index is -0.00000000500. The van der Waals surface area contributed by atoms with Crippen LogP contribution in [0.25, 0.3) is 0 Å². The van der Waals surface area contributed by atoms with Crippen LogP contribution in [0, 0.1) is 35.5 Å². The molecule has 0 saturated heterocycles. The maximum absolute atomic E-state index is 6.25. The van der Waals surface area contributed by atoms with Crippen LogP contribution in [0.15, 0.2) is 0 Å². The third-order valence-corrected chi connectivity index (χ3v) is 0. The van der Waals surface area contributed by atoms with E-state index in [0.29, 0.717) is 0 Å². The molecule has 8 heavy (non-hydrogen) atoms. The largest absolute Gasteiger partial charge is 3.00 e. The van der Waals surface area contributed by atoms with Crippen molar-refractivity contribution in [3.8, 4) is 0 Å². The van der Waals surface area contributed by atoms with E-state index < -0.39 is 0 Å². The van der Waals surface area contributed by atoms with E-state index in [-0.39, 0.29) is 39.2 Å². The standard InChI is InChI=1S/3CN.Au.Co/c3*1-2;;/q3*-1;;+3. The molecule has 0 aliphatic carbocycles. The van der Waals surface area contributed by atoms with Gasteiger partial charge in [0.1, 0.15) is 0 Å². The molecule has 0 heterocycles. The van der Waals surface area contributed by atoms with Crippen LogP contribution in [0.4, 0.5) is 0 Å². The molecule has 0 fully saturated rings. The summed E-state index contributed by atoms with van der Waals surface area (Å²) in [6.45, 7) is 14.2. The molecule has 0 saturated carbocycles. The SMILES string of the molecule is [Au].[C-]#N.[C-]#N.[C-]#N.[Co+3]. The maximum atomic E-state index is 6.25. The van der Waals surface area contributed by atoms with E-state index in [4.69, 9.17) is 35.5 Å². The summed E-state index contributed by atoms with van der Waals surface area (Å²) in [6, 6.07) is 0. The number of hydrogen-bond acceptors (Lipinski definition) is 3. The van der Waals surface area contributed by atoms with Gasteiger partial charge in [-0.2, -0.15) is 0 Å². The molecule has 0 spiro atoms. The summed E-state index contributed by atoms with van der Waals surface area (Å²) in [7, 11) is 0. The number of nitrogens with zero attached hydrogens (tertiary/aromatic N) is 3. The third kappa shape index (κ3) is 1590. The van der Waals surface area contributed by atoms with Gasteiger partial charge in [-0.15, -0.1) is 0 Å². The van der Waals surface area contributed by atoms with Crippen LogP contribution < -0.4 is 0 Å². The zero-order valence-electron chi connectivity index (χ0n) is 3.48. The summed E-state index contributed by atoms with van der Waals surface area (Å²) < 4.78 is 0. The Morgan fingerprint density at radius 1 is 0.625 bits per heavy atom. The quantitative estimate of drug-likeness (QED) is 0.472. The summed E-state index contributed by atoms with van der Waals surface area (Å²) in [5, 5.41) is 18.8. The molecule has 0 N–H and O–H groups in total. The molecule has 0 amide bonds. The molecule has 0 aromatic rings. The fraction of sp³-hybridized carbons (Fsp3) is 0. The van der Waals surface area contributed by atoms with Gasteiger partial charge >= 0.3 is 16.8 Å². The molecule has 0 atom stereocenters. The minimum absolute atomic E-state index is 0. The van der Waals surface area contributed by atoms with Gasteiger partial charge in [0.2, 0.25) is 0 Å². The van der Waals surface area contributed by atoms with Gasteiger partial charge < -0.3 is 35.5 Å². The summed E-state index contributed by atoms with van der Waals surface area (Å²) >= 11 is 0. The smallest absolute Gasteiger partial charge is 0.512 e. The van der Waals surface area contributed by atoms with Crippen molar-refractivity contribution in [2.45, 2.75) is 0 Å². The van der Waals surface area contributed by atoms with Gasteiger partial charge in [0.05, 0.1) is 0 Å². The van der Waals surface area contributed by atoms with E-state index in [1.54, 1.807) is 0 Å². The summed E-state index contributed by atoms with van der Waals surface area (Å²) in [5.74, 6) is 0. The molecular formula is C3AuCoN3. The predicted molar refractivity (Wildman–Crippen MR) is 14.9 cm³/mol. The topological polar surface area (TPSA) is 71.4 Å². The zero-order valence-corrected chi connectivity index (χ0v) is 6.68. The fourth-order valence-corrected chi connectivity index (χ4v) is 0. The third-order valence-electron chi connectivity index (χ3n) is 0. The molecule has 0 bridgehead atoms. The van der Waals surface area contributed by atoms with Gasteiger partial charge in [-0.1, -0.05) is 0 Å². The van der Waals surface area contributed by atoms with E-state index in [9.17, 15) is 0 Å². The molecule has 1 radical (unpaired) electrons. The van der Waals surface area contributed by atoms with Crippen LogP contribution in [0.1, 0.15) is 0 Å². The Morgan fingerprint density at radius 2 is 0.625 bits per heavy atom. The van der Waals surface area contributed by atoms with E-state index in [2.05, 4.69) is 0 Å². The molecule has 0 aliphatic heterocycles. The van der Waals surface area contributed by atoms with Gasteiger partial charge in [0, 0.05) is 22.4 Å². The average molecular weight is 334 g/mol. The Kier molecular flexibility index (Phi) is 16100. The van der Waals surface area contributed by atoms with Crippen LogP contribution in [-0.4, -0.2) is 0 Å². The Bertz CT molecular complexity index is 43.0. The molecule has 0 rings (SSSR count). The van der Waals surface area contributed by atoms with E-state index >= 15 is 0 Å². The minimum atomic E-state index is 0. The van der Waals surface area contributed by atoms with Crippen molar-refractivity contribution in [2.24, 2.45) is 0 Å². The second-order valence-electron chi connectivity index (χ2n) is 0. The molecule has 0 unspecified atom stereocenters. The van der Waals surface area contributed by atoms with Crippen molar-refractivity contribution in [1.82, 2.24) is 0 Å². The number of hydrogen-bond donors (Lipinski definition) is 0. The first-order valence-corrected chi connectivity index (χ1v) is 0.671. The minimum Gasteiger partial charge on any atom is -0.512 e. The zero-order chi connectivity index (χ0) is 6.00. The van der Waals surface area contributed by atoms with Gasteiger partial charge in [-0.05, 0) is 0 Å². The van der Waals surface area contributed by atoms with Crippen LogP contribution in [0.5, 0.6) is 0 Å². The second kappa shape index (κ2) is 2740. The molecule has 0 aliphatic rings. The molecule has 3 nitrogen and oxygen atoms in total. The molecule has 0 aromatic heterocycles. The van der Waals surface area contributed by atoms with Gasteiger partial charge in [-0.25, -0.2) is 0 Å². The van der Waals surface area contributed by atoms with Crippen LogP contribution in [0.3, 0.4) is 0 Å². The van der Waals surface area contributed by atoms with E-state index in [1.165, 1.54) is 0 Å². The number of rotatable bonds is 0. The molecular weight excluding hydrogens is 334 g/mol. The van der Waals surface area contributed by atoms with E-state index in [0.717, 1.165) is 0 Å². The van der Waals surface area contributed by atoms with Crippen molar-refractivity contribution in [2.75, 3.05) is 0 Å². The first-order chi connectivity index (χ1) is 3.00. The van der Waals surface area contributed by atoms with Crippen LogP contribution >= 0.6 is 0 Å². The first kappa shape index (κ1) is 47.2. The normalized spacial score (nSPS) is 0.750. The molecule has 5 heteroatoms.